The smallest absolute Gasteiger partial charge is 0.207 e. The lowest BCUT2D eigenvalue weighted by Crippen LogP contribution is -2.24. The van der Waals surface area contributed by atoms with Crippen LogP contribution in [0.3, 0.4) is 0 Å². The summed E-state index contributed by atoms with van der Waals surface area (Å²) in [5.41, 5.74) is -1.36. The molecule has 0 aromatic heterocycles. The van der Waals surface area contributed by atoms with Gasteiger partial charge in [0.2, 0.25) is 5.67 Å². The molecule has 1 aromatic carbocycles. The predicted octanol–water partition coefficient (Wildman–Crippen LogP) is 6.65. The lowest BCUT2D eigenvalue weighted by atomic mass is 9.74. The van der Waals surface area contributed by atoms with Crippen LogP contribution in [-0.4, -0.2) is 0 Å². The molecule has 1 unspecified atom stereocenters. The maximum absolute atomic E-state index is 15.3. The minimum absolute atomic E-state index is 0.165. The Morgan fingerprint density at radius 1 is 1.09 bits per heavy atom. The van der Waals surface area contributed by atoms with Crippen LogP contribution >= 0.6 is 0 Å². The van der Waals surface area contributed by atoms with Gasteiger partial charge in [0, 0.05) is 12.0 Å². The molecule has 1 saturated carbocycles. The van der Waals surface area contributed by atoms with E-state index in [2.05, 4.69) is 6.92 Å². The first-order valence-corrected chi connectivity index (χ1v) is 8.56. The maximum atomic E-state index is 15.3. The first-order chi connectivity index (χ1) is 11.0. The molecule has 0 bridgehead atoms. The van der Waals surface area contributed by atoms with E-state index in [-0.39, 0.29) is 17.9 Å². The van der Waals surface area contributed by atoms with Crippen LogP contribution in [0.4, 0.5) is 13.2 Å². The van der Waals surface area contributed by atoms with Crippen molar-refractivity contribution in [3.05, 3.63) is 59.2 Å². The van der Waals surface area contributed by atoms with Crippen LogP contribution in [0.2, 0.25) is 0 Å². The number of benzene rings is 1. The van der Waals surface area contributed by atoms with Gasteiger partial charge >= 0.3 is 0 Å². The summed E-state index contributed by atoms with van der Waals surface area (Å²) in [5, 5.41) is 0. The third-order valence-corrected chi connectivity index (χ3v) is 5.40. The van der Waals surface area contributed by atoms with E-state index >= 15 is 4.39 Å². The number of rotatable bonds is 3. The Kier molecular flexibility index (Phi) is 4.65. The van der Waals surface area contributed by atoms with Gasteiger partial charge in [-0.3, -0.25) is 0 Å². The summed E-state index contributed by atoms with van der Waals surface area (Å²) in [5.74, 6) is -0.541. The van der Waals surface area contributed by atoms with Gasteiger partial charge in [-0.1, -0.05) is 37.6 Å². The quantitative estimate of drug-likeness (QED) is 0.585. The van der Waals surface area contributed by atoms with E-state index in [1.165, 1.54) is 6.42 Å². The molecule has 1 atom stereocenters. The predicted molar refractivity (Wildman–Crippen MR) is 87.2 cm³/mol. The Labute approximate surface area is 136 Å². The number of allylic oxidation sites excluding steroid dienone is 4. The van der Waals surface area contributed by atoms with Crippen LogP contribution < -0.4 is 0 Å². The Morgan fingerprint density at radius 3 is 2.48 bits per heavy atom. The third-order valence-electron chi connectivity index (χ3n) is 5.40. The molecule has 23 heavy (non-hydrogen) atoms. The van der Waals surface area contributed by atoms with Crippen LogP contribution in [0.25, 0.3) is 0 Å². The van der Waals surface area contributed by atoms with E-state index in [9.17, 15) is 8.78 Å². The van der Waals surface area contributed by atoms with Gasteiger partial charge in [-0.05, 0) is 55.2 Å². The molecule has 0 amide bonds. The second-order valence-corrected chi connectivity index (χ2v) is 6.77. The standard InChI is InChI=1S/C20H23F3/c1-2-14-7-9-15(10-8-14)17-5-3-4-6-18(17)20(23)13-16(21)11-12-19(20)22/h3-6,12-15H,2,7-11H2,1H3/t14-,15-,20?. The van der Waals surface area contributed by atoms with E-state index in [1.54, 1.807) is 12.1 Å². The van der Waals surface area contributed by atoms with Crippen molar-refractivity contribution in [2.24, 2.45) is 5.92 Å². The second-order valence-electron chi connectivity index (χ2n) is 6.77. The number of halogens is 3. The zero-order valence-corrected chi connectivity index (χ0v) is 13.5. The fourth-order valence-corrected chi connectivity index (χ4v) is 3.95. The molecule has 0 heterocycles. The van der Waals surface area contributed by atoms with Gasteiger partial charge in [0.1, 0.15) is 11.7 Å². The van der Waals surface area contributed by atoms with Gasteiger partial charge < -0.3 is 0 Å². The van der Waals surface area contributed by atoms with Gasteiger partial charge in [-0.2, -0.15) is 0 Å². The van der Waals surface area contributed by atoms with Crippen molar-refractivity contribution in [3.63, 3.8) is 0 Å². The van der Waals surface area contributed by atoms with Gasteiger partial charge in [0.15, 0.2) is 0 Å². The van der Waals surface area contributed by atoms with Gasteiger partial charge in [-0.15, -0.1) is 0 Å². The highest BCUT2D eigenvalue weighted by Crippen LogP contribution is 2.46. The molecule has 2 aliphatic rings. The van der Waals surface area contributed by atoms with E-state index in [0.29, 0.717) is 0 Å². The van der Waals surface area contributed by atoms with Gasteiger partial charge in [-0.25, -0.2) is 13.2 Å². The van der Waals surface area contributed by atoms with Gasteiger partial charge in [0.25, 0.3) is 0 Å². The Bertz CT molecular complexity index is 624. The molecular weight excluding hydrogens is 297 g/mol. The first kappa shape index (κ1) is 16.4. The summed E-state index contributed by atoms with van der Waals surface area (Å²) in [6.07, 6.45) is 7.05. The van der Waals surface area contributed by atoms with Crippen LogP contribution in [0.15, 0.2) is 48.1 Å². The minimum Gasteiger partial charge on any atom is -0.226 e. The highest BCUT2D eigenvalue weighted by Gasteiger charge is 2.40. The Morgan fingerprint density at radius 2 is 1.78 bits per heavy atom. The molecule has 0 spiro atoms. The molecule has 0 saturated heterocycles. The summed E-state index contributed by atoms with van der Waals surface area (Å²) in [7, 11) is 0. The fourth-order valence-electron chi connectivity index (χ4n) is 3.95. The summed E-state index contributed by atoms with van der Waals surface area (Å²) < 4.78 is 43.2. The van der Waals surface area contributed by atoms with Crippen LogP contribution in [-0.2, 0) is 5.67 Å². The molecule has 2 aliphatic carbocycles. The van der Waals surface area contributed by atoms with Crippen LogP contribution in [0.1, 0.15) is 62.5 Å². The van der Waals surface area contributed by atoms with Gasteiger partial charge in [0.05, 0.1) is 0 Å². The zero-order chi connectivity index (χ0) is 16.4. The van der Waals surface area contributed by atoms with Crippen molar-refractivity contribution < 1.29 is 13.2 Å². The van der Waals surface area contributed by atoms with Crippen LogP contribution in [0, 0.1) is 5.92 Å². The number of hydrogen-bond donors (Lipinski definition) is 0. The topological polar surface area (TPSA) is 0 Å². The third kappa shape index (κ3) is 3.11. The second kappa shape index (κ2) is 6.54. The number of alkyl halides is 1. The van der Waals surface area contributed by atoms with Crippen molar-refractivity contribution in [1.82, 2.24) is 0 Å². The van der Waals surface area contributed by atoms with E-state index < -0.39 is 17.3 Å². The van der Waals surface area contributed by atoms with E-state index in [0.717, 1.165) is 49.3 Å². The van der Waals surface area contributed by atoms with Crippen molar-refractivity contribution in [2.45, 2.75) is 57.0 Å². The summed E-state index contributed by atoms with van der Waals surface area (Å²) in [6, 6.07) is 7.04. The average Bonchev–Trinajstić information content (AvgIpc) is 2.58. The molecule has 124 valence electrons. The fraction of sp³-hybridized carbons (Fsp3) is 0.500. The SMILES string of the molecule is CC[C@H]1CC[C@H](c2ccccc2C2(F)C=C(F)CC=C2F)CC1. The highest BCUT2D eigenvalue weighted by molar-refractivity contribution is 5.45. The minimum atomic E-state index is -2.46. The summed E-state index contributed by atoms with van der Waals surface area (Å²) in [6.45, 7) is 2.20. The first-order valence-electron chi connectivity index (χ1n) is 8.56. The highest BCUT2D eigenvalue weighted by atomic mass is 19.2. The van der Waals surface area contributed by atoms with Crippen LogP contribution in [0.5, 0.6) is 0 Å². The Balaban J connectivity index is 1.96. The molecule has 0 aliphatic heterocycles. The van der Waals surface area contributed by atoms with Crippen molar-refractivity contribution >= 4 is 0 Å². The molecule has 3 rings (SSSR count). The van der Waals surface area contributed by atoms with Crippen molar-refractivity contribution in [2.75, 3.05) is 0 Å². The molecule has 3 heteroatoms. The summed E-state index contributed by atoms with van der Waals surface area (Å²) >= 11 is 0. The van der Waals surface area contributed by atoms with Crippen molar-refractivity contribution in [3.8, 4) is 0 Å². The van der Waals surface area contributed by atoms with Crippen molar-refractivity contribution in [1.29, 1.82) is 0 Å². The largest absolute Gasteiger partial charge is 0.226 e. The molecule has 0 radical (unpaired) electrons. The molecular formula is C20H23F3. The zero-order valence-electron chi connectivity index (χ0n) is 13.5. The maximum Gasteiger partial charge on any atom is 0.207 e. The molecule has 0 nitrogen and oxygen atoms in total. The molecule has 1 aromatic rings. The average molecular weight is 320 g/mol. The lowest BCUT2D eigenvalue weighted by molar-refractivity contribution is 0.223. The molecule has 0 N–H and O–H groups in total. The monoisotopic (exact) mass is 320 g/mol. The molecule has 1 fully saturated rings. The number of hydrogen-bond acceptors (Lipinski definition) is 0. The van der Waals surface area contributed by atoms with E-state index in [4.69, 9.17) is 0 Å². The Hall–Kier alpha value is -1.51. The van der Waals surface area contributed by atoms with E-state index in [1.807, 2.05) is 12.1 Å². The summed E-state index contributed by atoms with van der Waals surface area (Å²) in [4.78, 5) is 0. The lowest BCUT2D eigenvalue weighted by Gasteiger charge is -2.32. The normalized spacial score (nSPS) is 31.5.